The summed E-state index contributed by atoms with van der Waals surface area (Å²) in [7, 11) is 1.56. The van der Waals surface area contributed by atoms with Gasteiger partial charge in [-0.15, -0.1) is 0 Å². The number of aromatic nitrogens is 1. The molecule has 1 fully saturated rings. The lowest BCUT2D eigenvalue weighted by Crippen LogP contribution is -2.29. The topological polar surface area (TPSA) is 79.7 Å². The predicted octanol–water partition coefficient (Wildman–Crippen LogP) is 5.38. The number of ketones is 1. The number of hydrogen-bond donors (Lipinski definition) is 1. The number of aliphatic hydroxyl groups excluding tert-OH is 1. The van der Waals surface area contributed by atoms with Crippen LogP contribution in [0.3, 0.4) is 0 Å². The average molecular weight is 475 g/mol. The highest BCUT2D eigenvalue weighted by molar-refractivity contribution is 7.22. The van der Waals surface area contributed by atoms with E-state index in [0.29, 0.717) is 22.0 Å². The summed E-state index contributed by atoms with van der Waals surface area (Å²) in [6.07, 6.45) is 0. The molecule has 1 unspecified atom stereocenters. The second-order valence-electron chi connectivity index (χ2n) is 7.92. The van der Waals surface area contributed by atoms with Gasteiger partial charge in [0, 0.05) is 5.56 Å². The lowest BCUT2D eigenvalue weighted by Gasteiger charge is -2.23. The second-order valence-corrected chi connectivity index (χ2v) is 8.93. The largest absolute Gasteiger partial charge is 0.507 e. The van der Waals surface area contributed by atoms with Crippen molar-refractivity contribution < 1.29 is 23.8 Å². The van der Waals surface area contributed by atoms with E-state index in [2.05, 4.69) is 4.98 Å². The van der Waals surface area contributed by atoms with E-state index in [4.69, 9.17) is 4.74 Å². The third-order valence-electron chi connectivity index (χ3n) is 5.75. The summed E-state index contributed by atoms with van der Waals surface area (Å²) in [6, 6.07) is 17.0. The number of thiazole rings is 1. The van der Waals surface area contributed by atoms with Crippen LogP contribution in [-0.4, -0.2) is 28.9 Å². The molecule has 1 atom stereocenters. The molecule has 6 nitrogen and oxygen atoms in total. The number of carbonyl (C=O) groups excluding carboxylic acids is 2. The van der Waals surface area contributed by atoms with Crippen LogP contribution in [0, 0.1) is 12.7 Å². The second kappa shape index (κ2) is 8.39. The molecule has 1 amide bonds. The normalized spacial score (nSPS) is 17.5. The van der Waals surface area contributed by atoms with Crippen LogP contribution in [0.1, 0.15) is 22.7 Å². The molecule has 34 heavy (non-hydrogen) atoms. The minimum absolute atomic E-state index is 0.0719. The summed E-state index contributed by atoms with van der Waals surface area (Å²) >= 11 is 1.25. The van der Waals surface area contributed by atoms with Crippen LogP contribution in [0.2, 0.25) is 0 Å². The molecule has 8 heteroatoms. The maximum atomic E-state index is 13.4. The van der Waals surface area contributed by atoms with Crippen molar-refractivity contribution in [3.05, 3.63) is 94.8 Å². The Hall–Kier alpha value is -4.04. The molecule has 3 aromatic carbocycles. The van der Waals surface area contributed by atoms with Gasteiger partial charge in [0.05, 0.1) is 28.9 Å². The number of Topliss-reactive ketones (excluding diaryl/α,β-unsaturated/α-hetero) is 1. The van der Waals surface area contributed by atoms with Gasteiger partial charge in [0.2, 0.25) is 0 Å². The Balaban J connectivity index is 1.71. The quantitative estimate of drug-likeness (QED) is 0.244. The summed E-state index contributed by atoms with van der Waals surface area (Å²) in [5, 5.41) is 11.4. The summed E-state index contributed by atoms with van der Waals surface area (Å²) in [4.78, 5) is 32.4. The standard InChI is InChI=1S/C26H19FN2O4S/c1-14-3-5-15(6-4-14)22-21(23(30)16-7-9-17(27)10-8-16)24(31)25(32)29(22)26-28-19-12-11-18(33-2)13-20(19)34-26/h3-13,22,30H,1-2H3. The summed E-state index contributed by atoms with van der Waals surface area (Å²) in [5.41, 5.74) is 2.48. The Morgan fingerprint density at radius 2 is 1.76 bits per heavy atom. The van der Waals surface area contributed by atoms with Crippen LogP contribution in [0.25, 0.3) is 16.0 Å². The molecular weight excluding hydrogens is 455 g/mol. The molecule has 1 N–H and O–H groups in total. The molecule has 4 aromatic rings. The minimum atomic E-state index is -0.895. The van der Waals surface area contributed by atoms with Gasteiger partial charge in [0.25, 0.3) is 5.78 Å². The highest BCUT2D eigenvalue weighted by atomic mass is 32.1. The molecule has 0 bridgehead atoms. The Bertz CT molecular complexity index is 1460. The van der Waals surface area contributed by atoms with Gasteiger partial charge in [-0.2, -0.15) is 0 Å². The fraction of sp³-hybridized carbons (Fsp3) is 0.115. The van der Waals surface area contributed by atoms with Gasteiger partial charge in [-0.3, -0.25) is 14.5 Å². The van der Waals surface area contributed by atoms with E-state index in [-0.39, 0.29) is 16.9 Å². The SMILES string of the molecule is COc1ccc2nc(N3C(=O)C(=O)C(=C(O)c4ccc(F)cc4)C3c3ccc(C)cc3)sc2c1. The van der Waals surface area contributed by atoms with E-state index in [0.717, 1.165) is 10.3 Å². The van der Waals surface area contributed by atoms with E-state index in [1.807, 2.05) is 37.3 Å². The molecule has 0 radical (unpaired) electrons. The van der Waals surface area contributed by atoms with Crippen molar-refractivity contribution in [2.45, 2.75) is 13.0 Å². The van der Waals surface area contributed by atoms with Crippen molar-refractivity contribution in [2.24, 2.45) is 0 Å². The van der Waals surface area contributed by atoms with Gasteiger partial charge >= 0.3 is 5.91 Å². The third-order valence-corrected chi connectivity index (χ3v) is 6.76. The van der Waals surface area contributed by atoms with Crippen LogP contribution >= 0.6 is 11.3 Å². The van der Waals surface area contributed by atoms with Gasteiger partial charge in [-0.25, -0.2) is 9.37 Å². The number of nitrogens with zero attached hydrogens (tertiary/aromatic N) is 2. The number of hydrogen-bond acceptors (Lipinski definition) is 6. The number of ether oxygens (including phenoxy) is 1. The first-order valence-corrected chi connectivity index (χ1v) is 11.3. The van der Waals surface area contributed by atoms with Crippen LogP contribution in [-0.2, 0) is 9.59 Å². The van der Waals surface area contributed by atoms with Crippen molar-refractivity contribution in [3.63, 3.8) is 0 Å². The summed E-state index contributed by atoms with van der Waals surface area (Å²) in [6.45, 7) is 1.93. The number of fused-ring (bicyclic) bond motifs is 1. The molecule has 0 saturated carbocycles. The van der Waals surface area contributed by atoms with E-state index in [1.54, 1.807) is 19.2 Å². The van der Waals surface area contributed by atoms with Crippen LogP contribution in [0.15, 0.2) is 72.3 Å². The lowest BCUT2D eigenvalue weighted by molar-refractivity contribution is -0.132. The molecule has 2 heterocycles. The molecule has 1 saturated heterocycles. The number of halogens is 1. The van der Waals surface area contributed by atoms with E-state index < -0.39 is 23.5 Å². The third kappa shape index (κ3) is 3.62. The monoisotopic (exact) mass is 474 g/mol. The molecule has 1 aliphatic rings. The molecule has 1 aliphatic heterocycles. The fourth-order valence-electron chi connectivity index (χ4n) is 3.98. The Morgan fingerprint density at radius 1 is 1.06 bits per heavy atom. The highest BCUT2D eigenvalue weighted by Gasteiger charge is 2.48. The number of aliphatic hydroxyl groups is 1. The van der Waals surface area contributed by atoms with Gasteiger partial charge < -0.3 is 9.84 Å². The van der Waals surface area contributed by atoms with Crippen molar-refractivity contribution in [3.8, 4) is 5.75 Å². The molecule has 5 rings (SSSR count). The zero-order valence-electron chi connectivity index (χ0n) is 18.3. The predicted molar refractivity (Wildman–Crippen MR) is 129 cm³/mol. The summed E-state index contributed by atoms with van der Waals surface area (Å²) < 4.78 is 19.5. The maximum Gasteiger partial charge on any atom is 0.301 e. The number of carbonyl (C=O) groups is 2. The van der Waals surface area contributed by atoms with E-state index in [9.17, 15) is 19.1 Å². The molecule has 170 valence electrons. The Labute approximate surface area is 198 Å². The lowest BCUT2D eigenvalue weighted by atomic mass is 9.95. The van der Waals surface area contributed by atoms with Crippen LogP contribution < -0.4 is 9.64 Å². The highest BCUT2D eigenvalue weighted by Crippen LogP contribution is 2.44. The zero-order valence-corrected chi connectivity index (χ0v) is 19.1. The molecule has 0 aliphatic carbocycles. The van der Waals surface area contributed by atoms with Crippen molar-refractivity contribution in [1.82, 2.24) is 4.98 Å². The van der Waals surface area contributed by atoms with Crippen molar-refractivity contribution >= 4 is 44.1 Å². The van der Waals surface area contributed by atoms with Crippen LogP contribution in [0.4, 0.5) is 9.52 Å². The van der Waals surface area contributed by atoms with Gasteiger partial charge in [-0.05, 0) is 55.0 Å². The van der Waals surface area contributed by atoms with Crippen molar-refractivity contribution in [2.75, 3.05) is 12.0 Å². The first-order chi connectivity index (χ1) is 16.4. The minimum Gasteiger partial charge on any atom is -0.507 e. The zero-order chi connectivity index (χ0) is 24.0. The van der Waals surface area contributed by atoms with Gasteiger partial charge in [0.1, 0.15) is 17.3 Å². The Morgan fingerprint density at radius 3 is 2.44 bits per heavy atom. The van der Waals surface area contributed by atoms with E-state index in [1.165, 1.54) is 40.5 Å². The maximum absolute atomic E-state index is 13.4. The first kappa shape index (κ1) is 21.8. The van der Waals surface area contributed by atoms with E-state index >= 15 is 0 Å². The average Bonchev–Trinajstić information content (AvgIpc) is 3.37. The smallest absolute Gasteiger partial charge is 0.301 e. The summed E-state index contributed by atoms with van der Waals surface area (Å²) in [5.74, 6) is -1.81. The molecule has 1 aromatic heterocycles. The number of anilines is 1. The number of methoxy groups -OCH3 is 1. The first-order valence-electron chi connectivity index (χ1n) is 10.5. The number of aryl methyl sites for hydroxylation is 1. The molecule has 0 spiro atoms. The van der Waals surface area contributed by atoms with Gasteiger partial charge in [0.15, 0.2) is 5.13 Å². The Kier molecular flexibility index (Phi) is 5.37. The molecular formula is C26H19FN2O4S. The van der Waals surface area contributed by atoms with Gasteiger partial charge in [-0.1, -0.05) is 41.2 Å². The number of rotatable bonds is 4. The van der Waals surface area contributed by atoms with Crippen molar-refractivity contribution in [1.29, 1.82) is 0 Å². The number of benzene rings is 3. The fourth-order valence-corrected chi connectivity index (χ4v) is 5.00. The van der Waals surface area contributed by atoms with Crippen LogP contribution in [0.5, 0.6) is 5.75 Å². The number of amides is 1.